The molecule has 1 aromatic heterocycles. The number of nitrogens with one attached hydrogen (secondary N) is 1. The Bertz CT molecular complexity index is 1160. The van der Waals surface area contributed by atoms with Gasteiger partial charge in [-0.1, -0.05) is 52.8 Å². The summed E-state index contributed by atoms with van der Waals surface area (Å²) in [6.07, 6.45) is 1.05. The number of carbonyl (C=O) groups is 1. The van der Waals surface area contributed by atoms with E-state index in [2.05, 4.69) is 15.5 Å². The Morgan fingerprint density at radius 1 is 1.13 bits per heavy atom. The largest absolute Gasteiger partial charge is 0.299 e. The van der Waals surface area contributed by atoms with Gasteiger partial charge in [-0.25, -0.2) is 8.42 Å². The lowest BCUT2D eigenvalue weighted by Crippen LogP contribution is -2.43. The molecule has 1 N–H and O–H groups in total. The van der Waals surface area contributed by atoms with Crippen molar-refractivity contribution in [2.75, 3.05) is 11.9 Å². The van der Waals surface area contributed by atoms with Crippen LogP contribution >= 0.6 is 22.9 Å². The van der Waals surface area contributed by atoms with Crippen LogP contribution in [-0.2, 0) is 14.8 Å². The van der Waals surface area contributed by atoms with Gasteiger partial charge in [0.05, 0.1) is 4.90 Å². The lowest BCUT2D eigenvalue weighted by atomic mass is 10.2. The minimum atomic E-state index is -3.80. The number of aryl methyl sites for hydroxylation is 1. The topological polar surface area (TPSA) is 92.3 Å². The van der Waals surface area contributed by atoms with Crippen LogP contribution in [0.3, 0.4) is 0 Å². The van der Waals surface area contributed by atoms with Gasteiger partial charge in [-0.2, -0.15) is 4.31 Å². The highest BCUT2D eigenvalue weighted by Crippen LogP contribution is 2.30. The summed E-state index contributed by atoms with van der Waals surface area (Å²) in [4.78, 5) is 13.0. The number of anilines is 1. The van der Waals surface area contributed by atoms with Gasteiger partial charge in [0.1, 0.15) is 11.0 Å². The molecular formula is C20H19ClN4O3S2. The van der Waals surface area contributed by atoms with Crippen LogP contribution in [0.1, 0.15) is 18.4 Å². The lowest BCUT2D eigenvalue weighted by molar-refractivity contribution is -0.119. The molecule has 1 fully saturated rings. The normalized spacial score (nSPS) is 17.2. The van der Waals surface area contributed by atoms with Crippen LogP contribution in [0.5, 0.6) is 0 Å². The highest BCUT2D eigenvalue weighted by molar-refractivity contribution is 7.89. The van der Waals surface area contributed by atoms with Gasteiger partial charge >= 0.3 is 0 Å². The fourth-order valence-electron chi connectivity index (χ4n) is 3.31. The summed E-state index contributed by atoms with van der Waals surface area (Å²) < 4.78 is 27.3. The minimum Gasteiger partial charge on any atom is -0.299 e. The van der Waals surface area contributed by atoms with Crippen molar-refractivity contribution in [3.63, 3.8) is 0 Å². The number of carbonyl (C=O) groups excluding carboxylic acids is 1. The van der Waals surface area contributed by atoms with Gasteiger partial charge in [0, 0.05) is 17.1 Å². The summed E-state index contributed by atoms with van der Waals surface area (Å²) in [5, 5.41) is 12.4. The molecule has 0 spiro atoms. The molecule has 0 aliphatic carbocycles. The Morgan fingerprint density at radius 2 is 1.83 bits per heavy atom. The maximum atomic E-state index is 13.0. The summed E-state index contributed by atoms with van der Waals surface area (Å²) in [7, 11) is -3.80. The first kappa shape index (κ1) is 20.9. The summed E-state index contributed by atoms with van der Waals surface area (Å²) in [5.41, 5.74) is 2.05. The smallest absolute Gasteiger partial charge is 0.244 e. The monoisotopic (exact) mass is 462 g/mol. The zero-order chi connectivity index (χ0) is 21.3. The molecule has 7 nitrogen and oxygen atoms in total. The quantitative estimate of drug-likeness (QED) is 0.619. The first-order chi connectivity index (χ1) is 14.3. The van der Waals surface area contributed by atoms with E-state index >= 15 is 0 Å². The van der Waals surface area contributed by atoms with E-state index in [-0.39, 0.29) is 11.4 Å². The number of nitrogens with zero attached hydrogens (tertiary/aromatic N) is 3. The van der Waals surface area contributed by atoms with E-state index in [1.807, 2.05) is 31.2 Å². The van der Waals surface area contributed by atoms with E-state index in [0.717, 1.165) is 11.1 Å². The zero-order valence-electron chi connectivity index (χ0n) is 16.1. The average molecular weight is 463 g/mol. The molecular weight excluding hydrogens is 444 g/mol. The van der Waals surface area contributed by atoms with E-state index in [1.165, 1.54) is 39.9 Å². The van der Waals surface area contributed by atoms with E-state index in [9.17, 15) is 13.2 Å². The first-order valence-corrected chi connectivity index (χ1v) is 12.0. The zero-order valence-corrected chi connectivity index (χ0v) is 18.5. The molecule has 1 aliphatic heterocycles. The molecule has 2 aromatic carbocycles. The van der Waals surface area contributed by atoms with Crippen LogP contribution in [0.15, 0.2) is 53.4 Å². The number of sulfonamides is 1. The van der Waals surface area contributed by atoms with Gasteiger partial charge in [0.2, 0.25) is 21.1 Å². The number of halogens is 1. The summed E-state index contributed by atoms with van der Waals surface area (Å²) >= 11 is 7.11. The van der Waals surface area contributed by atoms with Crippen molar-refractivity contribution in [1.82, 2.24) is 14.5 Å². The summed E-state index contributed by atoms with van der Waals surface area (Å²) in [6, 6.07) is 13.0. The van der Waals surface area contributed by atoms with Gasteiger partial charge in [0.25, 0.3) is 0 Å². The van der Waals surface area contributed by atoms with Crippen molar-refractivity contribution in [2.45, 2.75) is 30.7 Å². The standard InChI is InChI=1S/C20H19ClN4O3S2/c1-13-4-6-14(7-5-13)19-23-24-20(29-19)22-18(26)17-3-2-12-25(17)30(27,28)16-10-8-15(21)9-11-16/h4-11,17H,2-3,12H2,1H3,(H,22,24,26). The van der Waals surface area contributed by atoms with Crippen molar-refractivity contribution in [3.8, 4) is 10.6 Å². The minimum absolute atomic E-state index is 0.115. The van der Waals surface area contributed by atoms with Crippen molar-refractivity contribution < 1.29 is 13.2 Å². The molecule has 4 rings (SSSR count). The molecule has 2 heterocycles. The third-order valence-electron chi connectivity index (χ3n) is 4.88. The number of aromatic nitrogens is 2. The Hall–Kier alpha value is -2.33. The predicted octanol–water partition coefficient (Wildman–Crippen LogP) is 3.96. The molecule has 30 heavy (non-hydrogen) atoms. The molecule has 1 aliphatic rings. The highest BCUT2D eigenvalue weighted by Gasteiger charge is 2.39. The van der Waals surface area contributed by atoms with Crippen LogP contribution in [0, 0.1) is 6.92 Å². The van der Waals surface area contributed by atoms with E-state index in [1.54, 1.807) is 0 Å². The van der Waals surface area contributed by atoms with E-state index < -0.39 is 22.0 Å². The number of hydrogen-bond acceptors (Lipinski definition) is 6. The molecule has 1 saturated heterocycles. The van der Waals surface area contributed by atoms with E-state index in [4.69, 9.17) is 11.6 Å². The van der Waals surface area contributed by atoms with Gasteiger partial charge < -0.3 is 0 Å². The van der Waals surface area contributed by atoms with Gasteiger partial charge in [0.15, 0.2) is 0 Å². The number of hydrogen-bond donors (Lipinski definition) is 1. The third-order valence-corrected chi connectivity index (χ3v) is 7.94. The van der Waals surface area contributed by atoms with Crippen LogP contribution in [0.4, 0.5) is 5.13 Å². The van der Waals surface area contributed by atoms with Crippen LogP contribution < -0.4 is 5.32 Å². The van der Waals surface area contributed by atoms with Gasteiger partial charge in [-0.15, -0.1) is 10.2 Å². The second-order valence-electron chi connectivity index (χ2n) is 7.00. The second kappa shape index (κ2) is 8.43. The molecule has 0 bridgehead atoms. The molecule has 1 atom stereocenters. The molecule has 156 valence electrons. The molecule has 0 radical (unpaired) electrons. The first-order valence-electron chi connectivity index (χ1n) is 9.33. The fourth-order valence-corrected chi connectivity index (χ4v) is 5.84. The average Bonchev–Trinajstić information content (AvgIpc) is 3.39. The molecule has 1 unspecified atom stereocenters. The number of amides is 1. The van der Waals surface area contributed by atoms with Gasteiger partial charge in [-0.05, 0) is 44.0 Å². The highest BCUT2D eigenvalue weighted by atomic mass is 35.5. The third kappa shape index (κ3) is 4.24. The fraction of sp³-hybridized carbons (Fsp3) is 0.250. The van der Waals surface area contributed by atoms with Gasteiger partial charge in [-0.3, -0.25) is 10.1 Å². The Morgan fingerprint density at radius 3 is 2.53 bits per heavy atom. The summed E-state index contributed by atoms with van der Waals surface area (Å²) in [5.74, 6) is -0.406. The van der Waals surface area contributed by atoms with E-state index in [0.29, 0.717) is 28.0 Å². The Balaban J connectivity index is 1.50. The number of benzene rings is 2. The number of rotatable bonds is 5. The maximum Gasteiger partial charge on any atom is 0.244 e. The molecule has 0 saturated carbocycles. The lowest BCUT2D eigenvalue weighted by Gasteiger charge is -2.23. The van der Waals surface area contributed by atoms with Crippen LogP contribution in [-0.4, -0.2) is 41.4 Å². The predicted molar refractivity (Wildman–Crippen MR) is 117 cm³/mol. The van der Waals surface area contributed by atoms with Crippen molar-refractivity contribution in [3.05, 3.63) is 59.1 Å². The molecule has 1 amide bonds. The second-order valence-corrected chi connectivity index (χ2v) is 10.3. The molecule has 3 aromatic rings. The van der Waals surface area contributed by atoms with Crippen LogP contribution in [0.25, 0.3) is 10.6 Å². The molecule has 10 heteroatoms. The van der Waals surface area contributed by atoms with Crippen molar-refractivity contribution in [2.24, 2.45) is 0 Å². The van der Waals surface area contributed by atoms with Crippen LogP contribution in [0.2, 0.25) is 5.02 Å². The van der Waals surface area contributed by atoms with Crippen molar-refractivity contribution >= 4 is 44.0 Å². The summed E-state index contributed by atoms with van der Waals surface area (Å²) in [6.45, 7) is 2.29. The SMILES string of the molecule is Cc1ccc(-c2nnc(NC(=O)C3CCCN3S(=O)(=O)c3ccc(Cl)cc3)s2)cc1. The van der Waals surface area contributed by atoms with Crippen molar-refractivity contribution in [1.29, 1.82) is 0 Å². The Kier molecular flexibility index (Phi) is 5.88. The maximum absolute atomic E-state index is 13.0. The Labute approximate surface area is 183 Å².